The van der Waals surface area contributed by atoms with Gasteiger partial charge in [0.2, 0.25) is 0 Å². The quantitative estimate of drug-likeness (QED) is 0.593. The van der Waals surface area contributed by atoms with Crippen LogP contribution in [0.5, 0.6) is 5.75 Å². The maximum Gasteiger partial charge on any atom is 0.258 e. The second kappa shape index (κ2) is 6.29. The first-order valence-electron chi connectivity index (χ1n) is 8.61. The summed E-state index contributed by atoms with van der Waals surface area (Å²) < 4.78 is 25.9. The number of fused-ring (bicyclic) bond motifs is 3. The van der Waals surface area contributed by atoms with E-state index in [-0.39, 0.29) is 23.5 Å². The van der Waals surface area contributed by atoms with Crippen molar-refractivity contribution in [1.29, 1.82) is 0 Å². The summed E-state index contributed by atoms with van der Waals surface area (Å²) in [5, 5.41) is 2.82. The second-order valence-corrected chi connectivity index (χ2v) is 6.68. The van der Waals surface area contributed by atoms with Crippen molar-refractivity contribution >= 4 is 11.8 Å². The highest BCUT2D eigenvalue weighted by molar-refractivity contribution is 6.10. The SMILES string of the molecule is CC#Cc1cc(F)c(C2C(=O)N3CC4CCC(CN3C2=O)O4)c(OC)c1. The van der Waals surface area contributed by atoms with Crippen molar-refractivity contribution in [2.75, 3.05) is 20.2 Å². The van der Waals surface area contributed by atoms with Crippen molar-refractivity contribution in [3.05, 3.63) is 29.1 Å². The molecule has 0 saturated carbocycles. The molecule has 0 radical (unpaired) electrons. The van der Waals surface area contributed by atoms with Gasteiger partial charge in [0, 0.05) is 5.56 Å². The average molecular weight is 358 g/mol. The lowest BCUT2D eigenvalue weighted by Crippen LogP contribution is -2.45. The van der Waals surface area contributed by atoms with Crippen molar-refractivity contribution in [3.8, 4) is 17.6 Å². The Balaban J connectivity index is 1.75. The summed E-state index contributed by atoms with van der Waals surface area (Å²) in [5.41, 5.74) is 0.412. The summed E-state index contributed by atoms with van der Waals surface area (Å²) in [6.45, 7) is 2.29. The maximum absolute atomic E-state index is 14.8. The zero-order chi connectivity index (χ0) is 18.4. The second-order valence-electron chi connectivity index (χ2n) is 6.68. The van der Waals surface area contributed by atoms with E-state index in [1.807, 2.05) is 0 Å². The summed E-state index contributed by atoms with van der Waals surface area (Å²) in [6, 6.07) is 2.79. The average Bonchev–Trinajstić information content (AvgIpc) is 3.05. The van der Waals surface area contributed by atoms with Crippen LogP contribution in [0.25, 0.3) is 0 Å². The maximum atomic E-state index is 14.8. The lowest BCUT2D eigenvalue weighted by molar-refractivity contribution is -0.146. The molecule has 0 N–H and O–H groups in total. The van der Waals surface area contributed by atoms with Gasteiger partial charge in [-0.25, -0.2) is 14.4 Å². The monoisotopic (exact) mass is 358 g/mol. The van der Waals surface area contributed by atoms with Crippen LogP contribution in [0, 0.1) is 17.7 Å². The topological polar surface area (TPSA) is 59.1 Å². The van der Waals surface area contributed by atoms with Crippen molar-refractivity contribution < 1.29 is 23.5 Å². The third-order valence-electron chi connectivity index (χ3n) is 5.11. The Morgan fingerprint density at radius 3 is 2.31 bits per heavy atom. The fourth-order valence-corrected chi connectivity index (χ4v) is 3.96. The number of carbonyl (C=O) groups is 2. The van der Waals surface area contributed by atoms with E-state index in [0.29, 0.717) is 18.7 Å². The van der Waals surface area contributed by atoms with Gasteiger partial charge in [-0.3, -0.25) is 9.59 Å². The Kier molecular flexibility index (Phi) is 4.08. The molecular formula is C19H19FN2O4. The van der Waals surface area contributed by atoms with Gasteiger partial charge in [0.05, 0.1) is 38.0 Å². The molecule has 136 valence electrons. The molecule has 3 fully saturated rings. The number of nitrogens with zero attached hydrogens (tertiary/aromatic N) is 2. The van der Waals surface area contributed by atoms with Gasteiger partial charge in [-0.2, -0.15) is 0 Å². The number of methoxy groups -OCH3 is 1. The van der Waals surface area contributed by atoms with Gasteiger partial charge in [-0.05, 0) is 31.9 Å². The van der Waals surface area contributed by atoms with E-state index in [9.17, 15) is 14.0 Å². The highest BCUT2D eigenvalue weighted by Gasteiger charge is 2.52. The van der Waals surface area contributed by atoms with E-state index in [2.05, 4.69) is 11.8 Å². The smallest absolute Gasteiger partial charge is 0.258 e. The van der Waals surface area contributed by atoms with Gasteiger partial charge in [0.15, 0.2) is 5.92 Å². The highest BCUT2D eigenvalue weighted by Crippen LogP contribution is 2.39. The summed E-state index contributed by atoms with van der Waals surface area (Å²) in [6.07, 6.45) is 1.58. The number of rotatable bonds is 2. The minimum absolute atomic E-state index is 0.0227. The summed E-state index contributed by atoms with van der Waals surface area (Å²) >= 11 is 0. The number of halogens is 1. The zero-order valence-corrected chi connectivity index (χ0v) is 14.6. The number of benzene rings is 1. The van der Waals surface area contributed by atoms with Gasteiger partial charge in [-0.1, -0.05) is 5.92 Å². The first-order valence-corrected chi connectivity index (χ1v) is 8.61. The van der Waals surface area contributed by atoms with Gasteiger partial charge < -0.3 is 9.47 Å². The Morgan fingerprint density at radius 1 is 1.15 bits per heavy atom. The van der Waals surface area contributed by atoms with Crippen LogP contribution in [0.1, 0.15) is 36.8 Å². The van der Waals surface area contributed by atoms with Crippen LogP contribution in [-0.4, -0.2) is 54.2 Å². The van der Waals surface area contributed by atoms with E-state index in [1.165, 1.54) is 23.2 Å². The van der Waals surface area contributed by atoms with E-state index in [0.717, 1.165) is 12.8 Å². The van der Waals surface area contributed by atoms with Crippen molar-refractivity contribution in [1.82, 2.24) is 10.0 Å². The van der Waals surface area contributed by atoms with Gasteiger partial charge >= 0.3 is 0 Å². The normalized spacial score (nSPS) is 27.1. The Hall–Kier alpha value is -2.59. The van der Waals surface area contributed by atoms with Crippen molar-refractivity contribution in [2.45, 2.75) is 37.9 Å². The van der Waals surface area contributed by atoms with Crippen LogP contribution in [0.15, 0.2) is 12.1 Å². The molecule has 3 aliphatic heterocycles. The summed E-state index contributed by atoms with van der Waals surface area (Å²) in [5.74, 6) is 2.86. The molecule has 0 aliphatic carbocycles. The fourth-order valence-electron chi connectivity index (χ4n) is 3.96. The molecular weight excluding hydrogens is 339 g/mol. The Labute approximate surface area is 150 Å². The molecule has 0 aromatic heterocycles. The van der Waals surface area contributed by atoms with Crippen LogP contribution in [-0.2, 0) is 14.3 Å². The number of hydrazine groups is 1. The number of hydrogen-bond acceptors (Lipinski definition) is 4. The highest BCUT2D eigenvalue weighted by atomic mass is 19.1. The predicted octanol–water partition coefficient (Wildman–Crippen LogP) is 1.44. The molecule has 4 rings (SSSR count). The van der Waals surface area contributed by atoms with E-state index >= 15 is 0 Å². The summed E-state index contributed by atoms with van der Waals surface area (Å²) in [7, 11) is 1.39. The van der Waals surface area contributed by atoms with Gasteiger partial charge in [0.25, 0.3) is 11.8 Å². The number of amides is 2. The molecule has 2 atom stereocenters. The number of carbonyl (C=O) groups excluding carboxylic acids is 2. The molecule has 6 nitrogen and oxygen atoms in total. The minimum Gasteiger partial charge on any atom is -0.496 e. The largest absolute Gasteiger partial charge is 0.496 e. The van der Waals surface area contributed by atoms with Crippen LogP contribution in [0.3, 0.4) is 0 Å². The molecule has 2 bridgehead atoms. The molecule has 3 saturated heterocycles. The molecule has 26 heavy (non-hydrogen) atoms. The lowest BCUT2D eigenvalue weighted by atomic mass is 9.95. The molecule has 0 spiro atoms. The molecule has 2 unspecified atom stereocenters. The van der Waals surface area contributed by atoms with Crippen LogP contribution >= 0.6 is 0 Å². The predicted molar refractivity (Wildman–Crippen MR) is 89.6 cm³/mol. The van der Waals surface area contributed by atoms with E-state index in [4.69, 9.17) is 9.47 Å². The number of ether oxygens (including phenoxy) is 2. The Bertz CT molecular complexity index is 814. The van der Waals surface area contributed by atoms with Gasteiger partial charge in [-0.15, -0.1) is 5.92 Å². The van der Waals surface area contributed by atoms with Crippen molar-refractivity contribution in [2.24, 2.45) is 0 Å². The van der Waals surface area contributed by atoms with Crippen LogP contribution in [0.4, 0.5) is 4.39 Å². The lowest BCUT2D eigenvalue weighted by Gasteiger charge is -2.27. The van der Waals surface area contributed by atoms with Crippen LogP contribution in [0.2, 0.25) is 0 Å². The van der Waals surface area contributed by atoms with Crippen molar-refractivity contribution in [3.63, 3.8) is 0 Å². The minimum atomic E-state index is -1.23. The number of hydrogen-bond donors (Lipinski definition) is 0. The third kappa shape index (κ3) is 2.53. The first kappa shape index (κ1) is 16.9. The fraction of sp³-hybridized carbons (Fsp3) is 0.474. The zero-order valence-electron chi connectivity index (χ0n) is 14.6. The van der Waals surface area contributed by atoms with E-state index in [1.54, 1.807) is 13.0 Å². The van der Waals surface area contributed by atoms with Crippen LogP contribution < -0.4 is 4.74 Å². The molecule has 2 amide bonds. The molecule has 7 heteroatoms. The molecule has 1 aromatic carbocycles. The van der Waals surface area contributed by atoms with Gasteiger partial charge in [0.1, 0.15) is 11.6 Å². The van der Waals surface area contributed by atoms with E-state index < -0.39 is 23.5 Å². The first-order chi connectivity index (χ1) is 12.5. The molecule has 3 heterocycles. The molecule has 1 aromatic rings. The summed E-state index contributed by atoms with van der Waals surface area (Å²) in [4.78, 5) is 25.9. The third-order valence-corrected chi connectivity index (χ3v) is 5.11. The standard InChI is InChI=1S/C19H19FN2O4/c1-3-4-11-7-14(20)16(15(8-11)25-2)17-18(23)21-9-12-5-6-13(26-12)10-22(21)19(17)24/h7-8,12-13,17H,5-6,9-10H2,1-2H3. The molecule has 3 aliphatic rings. The Morgan fingerprint density at radius 2 is 1.77 bits per heavy atom.